The first-order valence-corrected chi connectivity index (χ1v) is 8.89. The average molecular weight is 425 g/mol. The van der Waals surface area contributed by atoms with Gasteiger partial charge in [0.25, 0.3) is 0 Å². The molecule has 0 amide bonds. The zero-order chi connectivity index (χ0) is 19.7. The number of hydrogen-bond acceptors (Lipinski definition) is 5. The van der Waals surface area contributed by atoms with E-state index in [2.05, 4.69) is 32.6 Å². The minimum absolute atomic E-state index is 0. The molecule has 3 aromatic rings. The number of aromatic nitrogens is 4. The van der Waals surface area contributed by atoms with Gasteiger partial charge in [0.05, 0.1) is 17.8 Å². The Morgan fingerprint density at radius 2 is 1.69 bits per heavy atom. The zero-order valence-corrected chi connectivity index (χ0v) is 16.1. The monoisotopic (exact) mass is 424 g/mol. The highest BCUT2D eigenvalue weighted by atomic mass is 35.5. The van der Waals surface area contributed by atoms with Crippen LogP contribution in [0.3, 0.4) is 0 Å². The van der Waals surface area contributed by atoms with Crippen LogP contribution >= 0.6 is 12.4 Å². The minimum Gasteiger partial charge on any atom is -0.326 e. The Morgan fingerprint density at radius 3 is 2.34 bits per heavy atom. The van der Waals surface area contributed by atoms with Gasteiger partial charge in [0.1, 0.15) is 0 Å². The molecule has 0 aliphatic carbocycles. The maximum atomic E-state index is 12.8. The van der Waals surface area contributed by atoms with Crippen LogP contribution in [0.4, 0.5) is 13.2 Å². The zero-order valence-electron chi connectivity index (χ0n) is 15.3. The van der Waals surface area contributed by atoms with Crippen molar-refractivity contribution in [1.29, 1.82) is 0 Å². The smallest absolute Gasteiger partial charge is 0.326 e. The van der Waals surface area contributed by atoms with E-state index in [9.17, 15) is 13.2 Å². The molecule has 1 saturated heterocycles. The number of alkyl halides is 3. The van der Waals surface area contributed by atoms with Crippen molar-refractivity contribution >= 4 is 12.4 Å². The molecule has 0 spiro atoms. The lowest BCUT2D eigenvalue weighted by molar-refractivity contribution is -0.137. The third-order valence-corrected chi connectivity index (χ3v) is 5.01. The van der Waals surface area contributed by atoms with Crippen molar-refractivity contribution in [2.24, 2.45) is 5.73 Å². The molecule has 1 aliphatic heterocycles. The molecule has 29 heavy (non-hydrogen) atoms. The summed E-state index contributed by atoms with van der Waals surface area (Å²) in [5, 5.41) is 11.7. The fraction of sp³-hybridized carbons (Fsp3) is 0.316. The minimum atomic E-state index is -4.37. The number of hydrogen-bond donors (Lipinski definition) is 1. The molecule has 2 heterocycles. The molecule has 0 saturated carbocycles. The lowest BCUT2D eigenvalue weighted by Gasteiger charge is -2.16. The molecule has 1 aliphatic rings. The molecule has 10 heteroatoms. The summed E-state index contributed by atoms with van der Waals surface area (Å²) < 4.78 is 39.7. The van der Waals surface area contributed by atoms with E-state index in [1.807, 2.05) is 18.2 Å². The number of tetrazole rings is 1. The van der Waals surface area contributed by atoms with Crippen molar-refractivity contribution in [2.45, 2.75) is 24.7 Å². The number of benzene rings is 2. The van der Waals surface area contributed by atoms with Crippen molar-refractivity contribution in [1.82, 2.24) is 25.1 Å². The molecule has 2 N–H and O–H groups in total. The van der Waals surface area contributed by atoms with E-state index >= 15 is 0 Å². The number of nitrogens with zero attached hydrogens (tertiary/aromatic N) is 5. The van der Waals surface area contributed by atoms with Crippen molar-refractivity contribution in [3.63, 3.8) is 0 Å². The second-order valence-corrected chi connectivity index (χ2v) is 6.93. The van der Waals surface area contributed by atoms with E-state index in [0.29, 0.717) is 24.6 Å². The summed E-state index contributed by atoms with van der Waals surface area (Å²) >= 11 is 0. The van der Waals surface area contributed by atoms with Gasteiger partial charge >= 0.3 is 6.18 Å². The first kappa shape index (κ1) is 21.2. The summed E-state index contributed by atoms with van der Waals surface area (Å²) in [6, 6.07) is 14.9. The van der Waals surface area contributed by atoms with Crippen LogP contribution in [0.15, 0.2) is 54.6 Å². The van der Waals surface area contributed by atoms with Gasteiger partial charge in [-0.2, -0.15) is 17.9 Å². The molecule has 154 valence electrons. The lowest BCUT2D eigenvalue weighted by atomic mass is 9.95. The van der Waals surface area contributed by atoms with Gasteiger partial charge in [-0.05, 0) is 40.3 Å². The molecular weight excluding hydrogens is 405 g/mol. The van der Waals surface area contributed by atoms with Crippen LogP contribution in [0.1, 0.15) is 22.9 Å². The first-order chi connectivity index (χ1) is 13.4. The van der Waals surface area contributed by atoms with Crippen LogP contribution in [-0.2, 0) is 12.7 Å². The van der Waals surface area contributed by atoms with Gasteiger partial charge < -0.3 is 5.73 Å². The summed E-state index contributed by atoms with van der Waals surface area (Å²) in [5.41, 5.74) is 7.30. The molecule has 1 aromatic heterocycles. The van der Waals surface area contributed by atoms with Crippen molar-refractivity contribution in [3.8, 4) is 5.69 Å². The summed E-state index contributed by atoms with van der Waals surface area (Å²) in [4.78, 5) is 2.16. The summed E-state index contributed by atoms with van der Waals surface area (Å²) in [6.07, 6.45) is -4.37. The first-order valence-electron chi connectivity index (χ1n) is 8.89. The van der Waals surface area contributed by atoms with Crippen LogP contribution in [0.25, 0.3) is 5.69 Å². The molecular formula is C19H20ClF3N6. The Kier molecular flexibility index (Phi) is 6.21. The molecule has 1 fully saturated rings. The average Bonchev–Trinajstić information content (AvgIpc) is 3.28. The van der Waals surface area contributed by atoms with Gasteiger partial charge in [0.15, 0.2) is 5.82 Å². The second kappa shape index (κ2) is 8.48. The summed E-state index contributed by atoms with van der Waals surface area (Å²) in [6.45, 7) is 1.93. The highest BCUT2D eigenvalue weighted by Gasteiger charge is 2.32. The van der Waals surface area contributed by atoms with Crippen molar-refractivity contribution in [2.75, 3.05) is 13.1 Å². The molecule has 6 nitrogen and oxygen atoms in total. The number of rotatable bonds is 4. The van der Waals surface area contributed by atoms with Crippen LogP contribution in [-0.4, -0.2) is 44.2 Å². The Labute approximate surface area is 171 Å². The summed E-state index contributed by atoms with van der Waals surface area (Å²) in [7, 11) is 0. The van der Waals surface area contributed by atoms with Crippen LogP contribution in [0.5, 0.6) is 0 Å². The van der Waals surface area contributed by atoms with E-state index in [1.54, 1.807) is 0 Å². The fourth-order valence-corrected chi connectivity index (χ4v) is 3.59. The van der Waals surface area contributed by atoms with Gasteiger partial charge in [0, 0.05) is 25.0 Å². The van der Waals surface area contributed by atoms with Gasteiger partial charge in [0.2, 0.25) is 0 Å². The predicted molar refractivity (Wildman–Crippen MR) is 104 cm³/mol. The maximum absolute atomic E-state index is 12.8. The number of halogens is 4. The number of nitrogens with two attached hydrogens (primary N) is 1. The van der Waals surface area contributed by atoms with Gasteiger partial charge in [-0.25, -0.2) is 0 Å². The number of likely N-dealkylation sites (tertiary alicyclic amines) is 1. The van der Waals surface area contributed by atoms with Gasteiger partial charge in [-0.15, -0.1) is 17.5 Å². The molecule has 0 radical (unpaired) electrons. The third-order valence-electron chi connectivity index (χ3n) is 5.01. The Hall–Kier alpha value is -2.49. The maximum Gasteiger partial charge on any atom is 0.416 e. The highest BCUT2D eigenvalue weighted by Crippen LogP contribution is 2.30. The third kappa shape index (κ3) is 4.58. The van der Waals surface area contributed by atoms with E-state index < -0.39 is 11.7 Å². The largest absolute Gasteiger partial charge is 0.416 e. The van der Waals surface area contributed by atoms with Crippen LogP contribution < -0.4 is 5.73 Å². The Bertz CT molecular complexity index is 929. The second-order valence-electron chi connectivity index (χ2n) is 6.93. The predicted octanol–water partition coefficient (Wildman–Crippen LogP) is 3.03. The van der Waals surface area contributed by atoms with Crippen LogP contribution in [0, 0.1) is 0 Å². The van der Waals surface area contributed by atoms with Crippen LogP contribution in [0.2, 0.25) is 0 Å². The quantitative estimate of drug-likeness (QED) is 0.697. The summed E-state index contributed by atoms with van der Waals surface area (Å²) in [5.74, 6) is 0.775. The molecule has 4 rings (SSSR count). The van der Waals surface area contributed by atoms with E-state index in [-0.39, 0.29) is 24.4 Å². The normalized spacial score (nSPS) is 19.9. The van der Waals surface area contributed by atoms with E-state index in [0.717, 1.165) is 18.7 Å². The van der Waals surface area contributed by atoms with E-state index in [4.69, 9.17) is 5.73 Å². The fourth-order valence-electron chi connectivity index (χ4n) is 3.59. The Morgan fingerprint density at radius 1 is 1.00 bits per heavy atom. The van der Waals surface area contributed by atoms with Crippen molar-refractivity contribution < 1.29 is 13.2 Å². The standard InChI is InChI=1S/C19H19F3N6.ClH/c20-19(21,22)14-6-8-15(9-7-14)28-18(24-25-26-28)12-27-10-16(17(23)11-27)13-4-2-1-3-5-13;/h1-9,16-17H,10-12,23H2;1H/t16-,17+;/m0./s1. The van der Waals surface area contributed by atoms with Gasteiger partial charge in [-0.3, -0.25) is 4.90 Å². The molecule has 0 unspecified atom stereocenters. The van der Waals surface area contributed by atoms with Crippen molar-refractivity contribution in [3.05, 3.63) is 71.5 Å². The molecule has 2 aromatic carbocycles. The molecule has 0 bridgehead atoms. The highest BCUT2D eigenvalue weighted by molar-refractivity contribution is 5.85. The SMILES string of the molecule is Cl.N[C@@H]1CN(Cc2nnnn2-c2ccc(C(F)(F)F)cc2)C[C@H]1c1ccccc1. The Balaban J connectivity index is 0.00000240. The van der Waals surface area contributed by atoms with E-state index in [1.165, 1.54) is 22.4 Å². The molecule has 2 atom stereocenters. The topological polar surface area (TPSA) is 72.9 Å². The van der Waals surface area contributed by atoms with Gasteiger partial charge in [-0.1, -0.05) is 30.3 Å². The lowest BCUT2D eigenvalue weighted by Crippen LogP contribution is -2.29.